The number of aryl methyl sites for hydroxylation is 2. The summed E-state index contributed by atoms with van der Waals surface area (Å²) >= 11 is 0. The second kappa shape index (κ2) is 6.30. The van der Waals surface area contributed by atoms with Gasteiger partial charge in [-0.25, -0.2) is 13.4 Å². The largest absolute Gasteiger partial charge is 0.506 e. The highest BCUT2D eigenvalue weighted by atomic mass is 32.2. The predicted octanol–water partition coefficient (Wildman–Crippen LogP) is 1.74. The van der Waals surface area contributed by atoms with Crippen LogP contribution in [0.1, 0.15) is 12.6 Å². The minimum Gasteiger partial charge on any atom is -0.506 e. The molecule has 0 aliphatic heterocycles. The Labute approximate surface area is 149 Å². The van der Waals surface area contributed by atoms with Crippen LogP contribution in [0.3, 0.4) is 0 Å². The molecule has 1 aromatic carbocycles. The number of pyridine rings is 1. The highest BCUT2D eigenvalue weighted by molar-refractivity contribution is 7.92. The Bertz CT molecular complexity index is 1120. The molecule has 0 bridgehead atoms. The minimum atomic E-state index is -3.94. The molecule has 0 unspecified atom stereocenters. The van der Waals surface area contributed by atoms with Crippen molar-refractivity contribution in [3.05, 3.63) is 36.2 Å². The van der Waals surface area contributed by atoms with Crippen molar-refractivity contribution in [3.63, 3.8) is 0 Å². The standard InChI is InChI=1S/C16H17N5O4S/c1-9-13-6-11(8-17-16(13)21(3)19-9)20-26(24,25)12-4-5-15(23)14(7-12)18-10(2)22/h4-8,20,23H,1-3H3,(H,18,22). The maximum atomic E-state index is 12.6. The summed E-state index contributed by atoms with van der Waals surface area (Å²) in [5.74, 6) is -0.655. The summed E-state index contributed by atoms with van der Waals surface area (Å²) in [4.78, 5) is 15.3. The van der Waals surface area contributed by atoms with E-state index >= 15 is 0 Å². The molecular weight excluding hydrogens is 358 g/mol. The molecule has 1 amide bonds. The molecule has 0 aliphatic carbocycles. The first-order chi connectivity index (χ1) is 12.2. The summed E-state index contributed by atoms with van der Waals surface area (Å²) in [6.45, 7) is 3.07. The maximum absolute atomic E-state index is 12.6. The number of hydrogen-bond acceptors (Lipinski definition) is 6. The molecule has 136 valence electrons. The first-order valence-corrected chi connectivity index (χ1v) is 9.08. The average molecular weight is 375 g/mol. The fourth-order valence-corrected chi connectivity index (χ4v) is 3.61. The van der Waals surface area contributed by atoms with E-state index in [1.54, 1.807) is 17.8 Å². The van der Waals surface area contributed by atoms with Crippen LogP contribution < -0.4 is 10.0 Å². The molecule has 0 saturated carbocycles. The lowest BCUT2D eigenvalue weighted by Crippen LogP contribution is -2.14. The van der Waals surface area contributed by atoms with Gasteiger partial charge in [0.25, 0.3) is 10.0 Å². The number of nitrogens with one attached hydrogen (secondary N) is 2. The van der Waals surface area contributed by atoms with Crippen molar-refractivity contribution in [3.8, 4) is 5.75 Å². The Hall–Kier alpha value is -3.14. The molecular formula is C16H17N5O4S. The van der Waals surface area contributed by atoms with E-state index in [1.807, 2.05) is 6.92 Å². The summed E-state index contributed by atoms with van der Waals surface area (Å²) < 4.78 is 29.3. The van der Waals surface area contributed by atoms with E-state index in [0.29, 0.717) is 5.65 Å². The van der Waals surface area contributed by atoms with E-state index in [0.717, 1.165) is 11.1 Å². The van der Waals surface area contributed by atoms with Gasteiger partial charge in [-0.05, 0) is 31.2 Å². The summed E-state index contributed by atoms with van der Waals surface area (Å²) in [6.07, 6.45) is 1.40. The highest BCUT2D eigenvalue weighted by Crippen LogP contribution is 2.28. The second-order valence-electron chi connectivity index (χ2n) is 5.77. The molecule has 0 fully saturated rings. The van der Waals surface area contributed by atoms with Crippen LogP contribution in [0.5, 0.6) is 5.75 Å². The normalized spacial score (nSPS) is 11.5. The van der Waals surface area contributed by atoms with Gasteiger partial charge in [-0.1, -0.05) is 0 Å². The van der Waals surface area contributed by atoms with Crippen LogP contribution in [0.4, 0.5) is 11.4 Å². The number of sulfonamides is 1. The quantitative estimate of drug-likeness (QED) is 0.596. The fraction of sp³-hybridized carbons (Fsp3) is 0.188. The van der Waals surface area contributed by atoms with Crippen molar-refractivity contribution in [2.24, 2.45) is 7.05 Å². The zero-order valence-electron chi connectivity index (χ0n) is 14.3. The number of fused-ring (bicyclic) bond motifs is 1. The topological polar surface area (TPSA) is 126 Å². The Kier molecular flexibility index (Phi) is 4.28. The summed E-state index contributed by atoms with van der Waals surface area (Å²) in [5.41, 5.74) is 1.66. The molecule has 9 nitrogen and oxygen atoms in total. The van der Waals surface area contributed by atoms with Crippen LogP contribution in [0.2, 0.25) is 0 Å². The van der Waals surface area contributed by atoms with Crippen LogP contribution in [0, 0.1) is 6.92 Å². The van der Waals surface area contributed by atoms with Crippen LogP contribution in [0.25, 0.3) is 11.0 Å². The van der Waals surface area contributed by atoms with Gasteiger partial charge in [-0.3, -0.25) is 14.2 Å². The lowest BCUT2D eigenvalue weighted by Gasteiger charge is -2.11. The molecule has 2 aromatic heterocycles. The van der Waals surface area contributed by atoms with Gasteiger partial charge in [0.15, 0.2) is 5.65 Å². The lowest BCUT2D eigenvalue weighted by molar-refractivity contribution is -0.114. The van der Waals surface area contributed by atoms with Gasteiger partial charge in [0.05, 0.1) is 28.2 Å². The number of benzene rings is 1. The molecule has 0 radical (unpaired) electrons. The summed E-state index contributed by atoms with van der Waals surface area (Å²) in [7, 11) is -2.19. The first kappa shape index (κ1) is 17.7. The number of phenolic OH excluding ortho intramolecular Hbond substituents is 1. The van der Waals surface area contributed by atoms with Gasteiger partial charge >= 0.3 is 0 Å². The molecule has 26 heavy (non-hydrogen) atoms. The number of aromatic hydroxyl groups is 1. The number of phenols is 1. The van der Waals surface area contributed by atoms with Crippen molar-refractivity contribution >= 4 is 38.3 Å². The smallest absolute Gasteiger partial charge is 0.262 e. The molecule has 0 saturated heterocycles. The van der Waals surface area contributed by atoms with E-state index in [4.69, 9.17) is 0 Å². The third-order valence-corrected chi connectivity index (χ3v) is 5.08. The number of amides is 1. The zero-order valence-corrected chi connectivity index (χ0v) is 15.1. The SMILES string of the molecule is CC(=O)Nc1cc(S(=O)(=O)Nc2cnc3c(c2)c(C)nn3C)ccc1O. The van der Waals surface area contributed by atoms with Crippen molar-refractivity contribution in [1.29, 1.82) is 0 Å². The van der Waals surface area contributed by atoms with E-state index in [-0.39, 0.29) is 22.0 Å². The number of anilines is 2. The van der Waals surface area contributed by atoms with Gasteiger partial charge in [0, 0.05) is 19.4 Å². The predicted molar refractivity (Wildman–Crippen MR) is 96.5 cm³/mol. The molecule has 2 heterocycles. The minimum absolute atomic E-state index is 0.0112. The Balaban J connectivity index is 1.96. The number of nitrogens with zero attached hydrogens (tertiary/aromatic N) is 3. The third kappa shape index (κ3) is 3.31. The van der Waals surface area contributed by atoms with Crippen molar-refractivity contribution in [2.45, 2.75) is 18.7 Å². The monoisotopic (exact) mass is 375 g/mol. The molecule has 0 atom stereocenters. The number of aromatic nitrogens is 3. The first-order valence-electron chi connectivity index (χ1n) is 7.60. The van der Waals surface area contributed by atoms with Crippen LogP contribution in [0.15, 0.2) is 35.4 Å². The van der Waals surface area contributed by atoms with Crippen molar-refractivity contribution in [1.82, 2.24) is 14.8 Å². The molecule has 3 N–H and O–H groups in total. The molecule has 3 rings (SSSR count). The maximum Gasteiger partial charge on any atom is 0.262 e. The van der Waals surface area contributed by atoms with Crippen molar-refractivity contribution in [2.75, 3.05) is 10.0 Å². The summed E-state index contributed by atoms with van der Waals surface area (Å²) in [6, 6.07) is 5.27. The second-order valence-corrected chi connectivity index (χ2v) is 7.45. The number of carbonyl (C=O) groups excluding carboxylic acids is 1. The summed E-state index contributed by atoms with van der Waals surface area (Å²) in [5, 5.41) is 17.1. The van der Waals surface area contributed by atoms with E-state index in [2.05, 4.69) is 20.1 Å². The van der Waals surface area contributed by atoms with Crippen LogP contribution in [-0.2, 0) is 21.9 Å². The molecule has 0 aliphatic rings. The number of hydrogen-bond donors (Lipinski definition) is 3. The Morgan fingerprint density at radius 2 is 2.00 bits per heavy atom. The molecule has 10 heteroatoms. The zero-order chi connectivity index (χ0) is 19.1. The van der Waals surface area contributed by atoms with Crippen LogP contribution >= 0.6 is 0 Å². The van der Waals surface area contributed by atoms with E-state index < -0.39 is 15.9 Å². The number of carbonyl (C=O) groups is 1. The Morgan fingerprint density at radius 1 is 1.27 bits per heavy atom. The van der Waals surface area contributed by atoms with Gasteiger partial charge < -0.3 is 10.4 Å². The lowest BCUT2D eigenvalue weighted by atomic mass is 10.3. The fourth-order valence-electron chi connectivity index (χ4n) is 2.55. The van der Waals surface area contributed by atoms with Crippen molar-refractivity contribution < 1.29 is 18.3 Å². The van der Waals surface area contributed by atoms with Gasteiger partial charge in [-0.15, -0.1) is 0 Å². The van der Waals surface area contributed by atoms with E-state index in [9.17, 15) is 18.3 Å². The third-order valence-electron chi connectivity index (χ3n) is 3.70. The Morgan fingerprint density at radius 3 is 2.69 bits per heavy atom. The molecule has 0 spiro atoms. The average Bonchev–Trinajstić information content (AvgIpc) is 2.83. The highest BCUT2D eigenvalue weighted by Gasteiger charge is 2.18. The van der Waals surface area contributed by atoms with E-state index in [1.165, 1.54) is 31.3 Å². The van der Waals surface area contributed by atoms with Crippen LogP contribution in [-0.4, -0.2) is 34.2 Å². The molecule has 3 aromatic rings. The van der Waals surface area contributed by atoms with Gasteiger partial charge in [-0.2, -0.15) is 5.10 Å². The number of rotatable bonds is 4. The van der Waals surface area contributed by atoms with Gasteiger partial charge in [0.1, 0.15) is 5.75 Å². The van der Waals surface area contributed by atoms with Gasteiger partial charge in [0.2, 0.25) is 5.91 Å².